The average molecular weight is 1020 g/mol. The predicted molar refractivity (Wildman–Crippen MR) is 323 cm³/mol. The van der Waals surface area contributed by atoms with E-state index in [2.05, 4.69) is 205 Å². The van der Waals surface area contributed by atoms with Gasteiger partial charge < -0.3 is 18.3 Å². The molecule has 80 heavy (non-hydrogen) atoms. The van der Waals surface area contributed by atoms with Crippen molar-refractivity contribution >= 4 is 87.2 Å². The molecule has 0 unspecified atom stereocenters. The third-order valence-electron chi connectivity index (χ3n) is 15.9. The van der Waals surface area contributed by atoms with E-state index >= 15 is 0 Å². The van der Waals surface area contributed by atoms with Gasteiger partial charge in [-0.05, 0) is 103 Å². The van der Waals surface area contributed by atoms with Crippen LogP contribution in [0.25, 0.3) is 144 Å². The first-order chi connectivity index (χ1) is 39.6. The van der Waals surface area contributed by atoms with E-state index in [0.717, 1.165) is 115 Å². The van der Waals surface area contributed by atoms with Crippen LogP contribution in [-0.4, -0.2) is 33.2 Å². The zero-order valence-corrected chi connectivity index (χ0v) is 42.7. The third kappa shape index (κ3) is 6.59. The van der Waals surface area contributed by atoms with Gasteiger partial charge in [-0.2, -0.15) is 10.5 Å². The van der Waals surface area contributed by atoms with E-state index in [1.165, 1.54) is 0 Å². The Morgan fingerprint density at radius 2 is 0.688 bits per heavy atom. The quantitative estimate of drug-likeness (QED) is 0.158. The second-order valence-electron chi connectivity index (χ2n) is 20.2. The maximum atomic E-state index is 11.3. The number of fused-ring (bicyclic) bond motifs is 12. The van der Waals surface area contributed by atoms with Gasteiger partial charge in [-0.3, -0.25) is 4.98 Å². The number of hydrogen-bond donors (Lipinski definition) is 0. The lowest BCUT2D eigenvalue weighted by Gasteiger charge is -2.18. The molecular weight excluding hydrogens is 979 g/mol. The Hall–Kier alpha value is -11.4. The Bertz CT molecular complexity index is 5010. The van der Waals surface area contributed by atoms with Crippen LogP contribution in [0.5, 0.6) is 0 Å². The van der Waals surface area contributed by atoms with Gasteiger partial charge in [0, 0.05) is 83.5 Å². The summed E-state index contributed by atoms with van der Waals surface area (Å²) in [6.07, 6.45) is 3.51. The molecular formula is C71H41N9. The van der Waals surface area contributed by atoms with Crippen LogP contribution < -0.4 is 0 Å². The second kappa shape index (κ2) is 17.6. The summed E-state index contributed by atoms with van der Waals surface area (Å²) in [5, 5.41) is 31.2. The number of hydrogen-bond acceptors (Lipinski definition) is 5. The van der Waals surface area contributed by atoms with Gasteiger partial charge in [0.25, 0.3) is 0 Å². The number of benzene rings is 10. The SMILES string of the molecule is N#Cc1cccc(-c2cc(-c3cccc(C#N)c3-n3c4ccccc4c4cc5c(cc43)c3ccccc3n5-c3ccccc3)nc(-c3cccnc3)n2)c1-n1c2ccccc2c2cc3c(cc21)c1ccccc1n3-c1ccccc1. The lowest BCUT2D eigenvalue weighted by Crippen LogP contribution is -2.05. The monoisotopic (exact) mass is 1020 g/mol. The molecule has 10 aromatic carbocycles. The summed E-state index contributed by atoms with van der Waals surface area (Å²) in [5.41, 5.74) is 16.1. The molecule has 0 amide bonds. The highest BCUT2D eigenvalue weighted by Gasteiger charge is 2.26. The summed E-state index contributed by atoms with van der Waals surface area (Å²) in [6, 6.07) is 86.9. The van der Waals surface area contributed by atoms with Gasteiger partial charge in [0.1, 0.15) is 12.1 Å². The van der Waals surface area contributed by atoms with E-state index in [1.54, 1.807) is 12.4 Å². The fourth-order valence-corrected chi connectivity index (χ4v) is 12.6. The van der Waals surface area contributed by atoms with Crippen molar-refractivity contribution in [2.24, 2.45) is 0 Å². The topological polar surface area (TPSA) is 106 Å². The molecule has 0 spiro atoms. The summed E-state index contributed by atoms with van der Waals surface area (Å²) >= 11 is 0. The minimum atomic E-state index is 0.447. The molecule has 0 atom stereocenters. The lowest BCUT2D eigenvalue weighted by molar-refractivity contribution is 1.13. The highest BCUT2D eigenvalue weighted by molar-refractivity contribution is 6.21. The molecule has 6 heterocycles. The molecule has 0 aliphatic carbocycles. The number of aromatic nitrogens is 7. The lowest BCUT2D eigenvalue weighted by atomic mass is 9.99. The summed E-state index contributed by atoms with van der Waals surface area (Å²) in [4.78, 5) is 15.3. The van der Waals surface area contributed by atoms with Crippen LogP contribution in [0.1, 0.15) is 11.1 Å². The van der Waals surface area contributed by atoms with Crippen LogP contribution in [0.2, 0.25) is 0 Å². The van der Waals surface area contributed by atoms with Crippen molar-refractivity contribution in [3.63, 3.8) is 0 Å². The molecule has 6 aromatic heterocycles. The van der Waals surface area contributed by atoms with Gasteiger partial charge in [0.15, 0.2) is 5.82 Å². The Kier molecular flexibility index (Phi) is 9.86. The molecule has 16 aromatic rings. The normalized spacial score (nSPS) is 11.7. The number of nitrogens with zero attached hydrogens (tertiary/aromatic N) is 9. The van der Waals surface area contributed by atoms with E-state index in [9.17, 15) is 10.5 Å². The minimum absolute atomic E-state index is 0.447. The molecule has 0 N–H and O–H groups in total. The maximum absolute atomic E-state index is 11.3. The summed E-state index contributed by atoms with van der Waals surface area (Å²) in [7, 11) is 0. The van der Waals surface area contributed by atoms with Crippen molar-refractivity contribution in [3.8, 4) is 68.8 Å². The van der Waals surface area contributed by atoms with E-state index in [-0.39, 0.29) is 0 Å². The zero-order valence-electron chi connectivity index (χ0n) is 42.7. The largest absolute Gasteiger partial charge is 0.309 e. The highest BCUT2D eigenvalue weighted by Crippen LogP contribution is 2.45. The highest BCUT2D eigenvalue weighted by atomic mass is 15.0. The number of nitriles is 2. The van der Waals surface area contributed by atoms with Crippen molar-refractivity contribution < 1.29 is 0 Å². The predicted octanol–water partition coefficient (Wildman–Crippen LogP) is 17.0. The standard InChI is InChI=1S/C71H41N9/c72-41-44-18-15-29-53(69(44)79-63-33-13-9-27-51(63)57-36-65-55(38-67(57)79)49-25-7-11-31-61(49)77(65)47-21-3-1-4-22-47)59-40-60(76-71(75-59)46-20-17-35-74-43-46)54-30-16-19-45(42-73)70(54)80-64-34-14-10-28-52(64)58-37-66-56(39-68(58)80)50-26-8-12-32-62(50)78(66)48-23-5-2-6-24-48/h1-40,43H. The number of para-hydroxylation sites is 8. The Morgan fingerprint density at radius 3 is 1.07 bits per heavy atom. The van der Waals surface area contributed by atoms with E-state index in [4.69, 9.17) is 9.97 Å². The van der Waals surface area contributed by atoms with Crippen LogP contribution in [0.3, 0.4) is 0 Å². The van der Waals surface area contributed by atoms with Gasteiger partial charge in [-0.1, -0.05) is 133 Å². The van der Waals surface area contributed by atoms with Gasteiger partial charge in [0.05, 0.1) is 78.0 Å². The zero-order chi connectivity index (χ0) is 53.0. The molecule has 0 bridgehead atoms. The fourth-order valence-electron chi connectivity index (χ4n) is 12.6. The third-order valence-corrected chi connectivity index (χ3v) is 15.9. The molecule has 0 fully saturated rings. The summed E-state index contributed by atoms with van der Waals surface area (Å²) in [6.45, 7) is 0. The van der Waals surface area contributed by atoms with Crippen molar-refractivity contribution in [2.75, 3.05) is 0 Å². The molecule has 0 aliphatic heterocycles. The van der Waals surface area contributed by atoms with Crippen LogP contribution in [0.15, 0.2) is 249 Å². The molecule has 0 saturated heterocycles. The summed E-state index contributed by atoms with van der Waals surface area (Å²) in [5.74, 6) is 0.447. The average Bonchev–Trinajstić information content (AvgIpc) is 4.33. The van der Waals surface area contributed by atoms with Crippen LogP contribution in [0, 0.1) is 22.7 Å². The molecule has 0 saturated carbocycles. The van der Waals surface area contributed by atoms with Gasteiger partial charge in [-0.25, -0.2) is 9.97 Å². The Morgan fingerprint density at radius 1 is 0.312 bits per heavy atom. The molecule has 9 nitrogen and oxygen atoms in total. The van der Waals surface area contributed by atoms with Crippen LogP contribution in [-0.2, 0) is 0 Å². The summed E-state index contributed by atoms with van der Waals surface area (Å²) < 4.78 is 9.17. The molecule has 9 heteroatoms. The van der Waals surface area contributed by atoms with Crippen molar-refractivity contribution in [2.45, 2.75) is 0 Å². The van der Waals surface area contributed by atoms with Crippen LogP contribution >= 0.6 is 0 Å². The van der Waals surface area contributed by atoms with Gasteiger partial charge in [0.2, 0.25) is 0 Å². The first kappa shape index (κ1) is 44.9. The first-order valence-corrected chi connectivity index (χ1v) is 26.5. The molecule has 16 rings (SSSR count). The minimum Gasteiger partial charge on any atom is -0.309 e. The van der Waals surface area contributed by atoms with E-state index in [1.807, 2.05) is 66.7 Å². The fraction of sp³-hybridized carbons (Fsp3) is 0. The number of rotatable bonds is 7. The van der Waals surface area contributed by atoms with Gasteiger partial charge >= 0.3 is 0 Å². The number of pyridine rings is 1. The van der Waals surface area contributed by atoms with Crippen molar-refractivity contribution in [1.82, 2.24) is 33.2 Å². The molecule has 370 valence electrons. The smallest absolute Gasteiger partial charge is 0.161 e. The Labute approximate surface area is 457 Å². The van der Waals surface area contributed by atoms with Gasteiger partial charge in [-0.15, -0.1) is 0 Å². The Balaban J connectivity index is 0.971. The molecule has 0 aliphatic rings. The van der Waals surface area contributed by atoms with Crippen LogP contribution in [0.4, 0.5) is 0 Å². The second-order valence-corrected chi connectivity index (χ2v) is 20.2. The molecule has 0 radical (unpaired) electrons. The first-order valence-electron chi connectivity index (χ1n) is 26.5. The van der Waals surface area contributed by atoms with E-state index < -0.39 is 0 Å². The van der Waals surface area contributed by atoms with Crippen molar-refractivity contribution in [1.29, 1.82) is 10.5 Å². The van der Waals surface area contributed by atoms with Crippen molar-refractivity contribution in [3.05, 3.63) is 260 Å². The maximum Gasteiger partial charge on any atom is 0.161 e. The van der Waals surface area contributed by atoms with E-state index in [0.29, 0.717) is 39.7 Å².